The zero-order chi connectivity index (χ0) is 8.81. The Bertz CT molecular complexity index is 204. The van der Waals surface area contributed by atoms with E-state index in [4.69, 9.17) is 0 Å². The molecule has 2 nitrogen and oxygen atoms in total. The van der Waals surface area contributed by atoms with Crippen molar-refractivity contribution < 1.29 is 9.53 Å². The summed E-state index contributed by atoms with van der Waals surface area (Å²) in [5.74, 6) is 0.263. The summed E-state index contributed by atoms with van der Waals surface area (Å²) in [6.45, 7) is 0. The molecule has 0 heterocycles. The van der Waals surface area contributed by atoms with Crippen LogP contribution in [-0.2, 0) is 9.53 Å². The van der Waals surface area contributed by atoms with Gasteiger partial charge in [-0.05, 0) is 25.2 Å². The van der Waals surface area contributed by atoms with Crippen molar-refractivity contribution in [3.63, 3.8) is 0 Å². The van der Waals surface area contributed by atoms with E-state index in [0.29, 0.717) is 5.92 Å². The van der Waals surface area contributed by atoms with Gasteiger partial charge in [0, 0.05) is 6.08 Å². The molecule has 1 rings (SSSR count). The first kappa shape index (κ1) is 9.04. The first-order valence-corrected chi connectivity index (χ1v) is 4.24. The van der Waals surface area contributed by atoms with Gasteiger partial charge in [0.25, 0.3) is 0 Å². The van der Waals surface area contributed by atoms with Gasteiger partial charge in [-0.1, -0.05) is 18.2 Å². The van der Waals surface area contributed by atoms with Gasteiger partial charge < -0.3 is 4.74 Å². The fraction of sp³-hybridized carbons (Fsp3) is 0.500. The number of allylic oxidation sites excluding steroid dienone is 3. The second-order valence-corrected chi connectivity index (χ2v) is 2.93. The first-order chi connectivity index (χ1) is 5.83. The molecule has 0 aromatic heterocycles. The molecule has 0 amide bonds. The van der Waals surface area contributed by atoms with E-state index in [-0.39, 0.29) is 5.97 Å². The second kappa shape index (κ2) is 4.75. The van der Waals surface area contributed by atoms with Crippen LogP contribution in [0, 0.1) is 5.92 Å². The number of hydrogen-bond donors (Lipinski definition) is 0. The molecule has 1 atom stereocenters. The van der Waals surface area contributed by atoms with E-state index in [1.165, 1.54) is 13.2 Å². The van der Waals surface area contributed by atoms with Crippen molar-refractivity contribution in [2.45, 2.75) is 19.3 Å². The van der Waals surface area contributed by atoms with Crippen molar-refractivity contribution >= 4 is 5.97 Å². The maximum atomic E-state index is 10.7. The molecule has 12 heavy (non-hydrogen) atoms. The van der Waals surface area contributed by atoms with Crippen LogP contribution in [0.1, 0.15) is 19.3 Å². The molecule has 0 aromatic rings. The molecule has 1 unspecified atom stereocenters. The Morgan fingerprint density at radius 1 is 1.58 bits per heavy atom. The Balaban J connectivity index is 2.34. The van der Waals surface area contributed by atoms with Crippen LogP contribution >= 0.6 is 0 Å². The molecule has 0 aromatic carbocycles. The Morgan fingerprint density at radius 2 is 2.42 bits per heavy atom. The predicted octanol–water partition coefficient (Wildman–Crippen LogP) is 2.07. The lowest BCUT2D eigenvalue weighted by Crippen LogP contribution is -2.01. The first-order valence-electron chi connectivity index (χ1n) is 4.24. The Morgan fingerprint density at radius 3 is 3.00 bits per heavy atom. The van der Waals surface area contributed by atoms with E-state index < -0.39 is 0 Å². The molecule has 0 N–H and O–H groups in total. The van der Waals surface area contributed by atoms with Gasteiger partial charge in [0.15, 0.2) is 0 Å². The van der Waals surface area contributed by atoms with Crippen molar-refractivity contribution in [3.8, 4) is 0 Å². The van der Waals surface area contributed by atoms with Crippen molar-refractivity contribution in [3.05, 3.63) is 24.3 Å². The molecule has 2 heteroatoms. The lowest BCUT2D eigenvalue weighted by Gasteiger charge is -2.12. The molecule has 1 aliphatic carbocycles. The summed E-state index contributed by atoms with van der Waals surface area (Å²) >= 11 is 0. The molecule has 66 valence electrons. The highest BCUT2D eigenvalue weighted by Crippen LogP contribution is 2.18. The van der Waals surface area contributed by atoms with Crippen LogP contribution in [0.2, 0.25) is 0 Å². The summed E-state index contributed by atoms with van der Waals surface area (Å²) < 4.78 is 4.50. The van der Waals surface area contributed by atoms with Crippen LogP contribution < -0.4 is 0 Å². The third-order valence-corrected chi connectivity index (χ3v) is 2.02. The zero-order valence-corrected chi connectivity index (χ0v) is 7.32. The largest absolute Gasteiger partial charge is 0.466 e. The van der Waals surface area contributed by atoms with Gasteiger partial charge >= 0.3 is 5.97 Å². The SMILES string of the molecule is COC(=O)/C=C/C1CC=CCC1. The smallest absolute Gasteiger partial charge is 0.330 e. The average molecular weight is 166 g/mol. The highest BCUT2D eigenvalue weighted by molar-refractivity contribution is 5.81. The Kier molecular flexibility index (Phi) is 3.58. The van der Waals surface area contributed by atoms with Crippen molar-refractivity contribution in [1.82, 2.24) is 0 Å². The lowest BCUT2D eigenvalue weighted by atomic mass is 9.94. The standard InChI is InChI=1S/C10H14O2/c1-12-10(11)8-7-9-5-3-2-4-6-9/h2-3,7-9H,4-6H2,1H3/b8-7+. The summed E-state index contributed by atoms with van der Waals surface area (Å²) in [4.78, 5) is 10.7. The van der Waals surface area contributed by atoms with Gasteiger partial charge in [-0.25, -0.2) is 4.79 Å². The highest BCUT2D eigenvalue weighted by atomic mass is 16.5. The summed E-state index contributed by atoms with van der Waals surface area (Å²) in [6, 6.07) is 0. The highest BCUT2D eigenvalue weighted by Gasteiger charge is 2.05. The lowest BCUT2D eigenvalue weighted by molar-refractivity contribution is -0.134. The zero-order valence-electron chi connectivity index (χ0n) is 7.32. The number of ether oxygens (including phenoxy) is 1. The van der Waals surface area contributed by atoms with E-state index >= 15 is 0 Å². The Hall–Kier alpha value is -1.05. The van der Waals surface area contributed by atoms with Gasteiger partial charge in [-0.2, -0.15) is 0 Å². The van der Waals surface area contributed by atoms with Crippen molar-refractivity contribution in [2.75, 3.05) is 7.11 Å². The topological polar surface area (TPSA) is 26.3 Å². The van der Waals surface area contributed by atoms with Gasteiger partial charge in [-0.15, -0.1) is 0 Å². The van der Waals surface area contributed by atoms with Gasteiger partial charge in [0.05, 0.1) is 7.11 Å². The number of hydrogen-bond acceptors (Lipinski definition) is 2. The molecule has 0 fully saturated rings. The van der Waals surface area contributed by atoms with Gasteiger partial charge in [0.2, 0.25) is 0 Å². The fourth-order valence-electron chi connectivity index (χ4n) is 1.27. The summed E-state index contributed by atoms with van der Waals surface area (Å²) in [5, 5.41) is 0. The molecule has 0 aliphatic heterocycles. The van der Waals surface area contributed by atoms with E-state index in [1.807, 2.05) is 6.08 Å². The maximum Gasteiger partial charge on any atom is 0.330 e. The molecule has 0 spiro atoms. The molecular weight excluding hydrogens is 152 g/mol. The third kappa shape index (κ3) is 2.91. The van der Waals surface area contributed by atoms with Crippen LogP contribution in [0.5, 0.6) is 0 Å². The molecular formula is C10H14O2. The average Bonchev–Trinajstić information content (AvgIpc) is 2.16. The number of carbonyl (C=O) groups is 1. The summed E-state index contributed by atoms with van der Waals surface area (Å²) in [6.07, 6.45) is 11.1. The second-order valence-electron chi connectivity index (χ2n) is 2.93. The minimum Gasteiger partial charge on any atom is -0.466 e. The third-order valence-electron chi connectivity index (χ3n) is 2.02. The summed E-state index contributed by atoms with van der Waals surface area (Å²) in [7, 11) is 1.40. The van der Waals surface area contributed by atoms with Crippen LogP contribution in [0.25, 0.3) is 0 Å². The quantitative estimate of drug-likeness (QED) is 0.356. The minimum atomic E-state index is -0.260. The predicted molar refractivity (Wildman–Crippen MR) is 47.6 cm³/mol. The molecule has 0 saturated heterocycles. The normalized spacial score (nSPS) is 22.9. The van der Waals surface area contributed by atoms with E-state index in [0.717, 1.165) is 19.3 Å². The summed E-state index contributed by atoms with van der Waals surface area (Å²) in [5.41, 5.74) is 0. The fourth-order valence-corrected chi connectivity index (χ4v) is 1.27. The van der Waals surface area contributed by atoms with Gasteiger partial charge in [0.1, 0.15) is 0 Å². The Labute approximate surface area is 72.9 Å². The van der Waals surface area contributed by atoms with Crippen LogP contribution in [0.3, 0.4) is 0 Å². The minimum absolute atomic E-state index is 0.260. The maximum absolute atomic E-state index is 10.7. The number of methoxy groups -OCH3 is 1. The van der Waals surface area contributed by atoms with E-state index in [1.54, 1.807) is 0 Å². The molecule has 0 saturated carbocycles. The van der Waals surface area contributed by atoms with Crippen LogP contribution in [-0.4, -0.2) is 13.1 Å². The molecule has 1 aliphatic rings. The number of carbonyl (C=O) groups excluding carboxylic acids is 1. The number of esters is 1. The van der Waals surface area contributed by atoms with Crippen LogP contribution in [0.4, 0.5) is 0 Å². The monoisotopic (exact) mass is 166 g/mol. The number of rotatable bonds is 2. The van der Waals surface area contributed by atoms with Gasteiger partial charge in [-0.3, -0.25) is 0 Å². The molecule has 0 radical (unpaired) electrons. The van der Waals surface area contributed by atoms with Crippen molar-refractivity contribution in [2.24, 2.45) is 5.92 Å². The van der Waals surface area contributed by atoms with E-state index in [9.17, 15) is 4.79 Å². The van der Waals surface area contributed by atoms with Crippen molar-refractivity contribution in [1.29, 1.82) is 0 Å². The molecule has 0 bridgehead atoms. The van der Waals surface area contributed by atoms with E-state index in [2.05, 4.69) is 16.9 Å². The van der Waals surface area contributed by atoms with Crippen LogP contribution in [0.15, 0.2) is 24.3 Å².